The molecule has 13 heteroatoms. The van der Waals surface area contributed by atoms with Gasteiger partial charge >= 0.3 is 108 Å². The topological polar surface area (TPSA) is 128 Å². The fraction of sp³-hybridized carbons (Fsp3) is 1.00. The van der Waals surface area contributed by atoms with Gasteiger partial charge in [-0.1, -0.05) is 0 Å². The molecule has 2 aliphatic rings. The summed E-state index contributed by atoms with van der Waals surface area (Å²) < 4.78 is -2.65. The predicted molar refractivity (Wildman–Crippen MR) is 37.3 cm³/mol. The van der Waals surface area contributed by atoms with Crippen molar-refractivity contribution in [3.63, 3.8) is 0 Å². The van der Waals surface area contributed by atoms with E-state index < -0.39 is 77.1 Å². The van der Waals surface area contributed by atoms with Gasteiger partial charge in [-0.2, -0.15) is 0 Å². The van der Waals surface area contributed by atoms with E-state index in [1.165, 1.54) is 0 Å². The van der Waals surface area contributed by atoms with E-state index in [1.54, 1.807) is 0 Å². The molecule has 0 aromatic heterocycles. The Labute approximate surface area is 107 Å². The Bertz CT molecular complexity index is 201. The van der Waals surface area contributed by atoms with Crippen LogP contribution < -0.4 is 56.7 Å². The number of nitrogens with one attached hydrogen (secondary N) is 4. The van der Waals surface area contributed by atoms with Crippen molar-refractivity contribution in [3.8, 4) is 0 Å². The predicted octanol–water partition coefficient (Wildman–Crippen LogP) is -12.1. The summed E-state index contributed by atoms with van der Waals surface area (Å²) in [5, 5.41) is 44.3. The molecule has 2 fully saturated rings. The van der Waals surface area contributed by atoms with Crippen molar-refractivity contribution in [3.05, 3.63) is 20.8 Å². The molecule has 4 atom stereocenters. The van der Waals surface area contributed by atoms with E-state index in [0.29, 0.717) is 0 Å². The Kier molecular flexibility index (Phi) is 4.35. The van der Waals surface area contributed by atoms with Gasteiger partial charge in [0.2, 0.25) is 0 Å². The van der Waals surface area contributed by atoms with Crippen LogP contribution >= 0.6 is 20.4 Å². The van der Waals surface area contributed by atoms with Crippen LogP contribution in [0.1, 0.15) is 0 Å². The van der Waals surface area contributed by atoms with Gasteiger partial charge < -0.3 is 0 Å². The van der Waals surface area contributed by atoms with Crippen LogP contribution in [0.25, 0.3) is 0 Å². The van der Waals surface area contributed by atoms with Gasteiger partial charge in [-0.25, -0.2) is 0 Å². The third-order valence-corrected chi connectivity index (χ3v) is 19.5. The first-order chi connectivity index (χ1) is 6.58. The molecule has 2 saturated heterocycles. The molecule has 10 nitrogen and oxygen atoms in total. The summed E-state index contributed by atoms with van der Waals surface area (Å²) in [6, 6.07) is 0. The van der Waals surface area contributed by atoms with Crippen LogP contribution in [-0.4, -0.2) is -0.0619 Å². The van der Waals surface area contributed by atoms with Crippen LogP contribution in [0, 0.1) is 20.8 Å². The van der Waals surface area contributed by atoms with Gasteiger partial charge in [0.25, 0.3) is 0 Å². The average Bonchev–Trinajstić information content (AvgIpc) is 1.99. The molecular weight excluding hydrogens is 545 g/mol. The van der Waals surface area contributed by atoms with Crippen LogP contribution in [0.4, 0.5) is 0 Å². The van der Waals surface area contributed by atoms with Crippen LogP contribution in [0.5, 0.6) is 0 Å². The molecule has 2 aliphatic heterocycles. The average molecular weight is 550 g/mol. The van der Waals surface area contributed by atoms with E-state index in [4.69, 9.17) is 0 Å². The molecule has 14 heavy (non-hydrogen) atoms. The number of rotatable bonds is 0. The zero-order valence-corrected chi connectivity index (χ0v) is 12.6. The Morgan fingerprint density at radius 3 is 1.79 bits per heavy atom. The molecule has 0 spiro atoms. The summed E-state index contributed by atoms with van der Waals surface area (Å²) >= 11 is -4.60. The zero-order valence-electron chi connectivity index (χ0n) is 6.16. The van der Waals surface area contributed by atoms with Crippen molar-refractivity contribution in [1.82, 2.24) is 0 Å². The first-order valence-electron chi connectivity index (χ1n) is 3.04. The maximum absolute atomic E-state index is 11.2. The molecule has 0 bridgehead atoms. The molecule has 88 valence electrons. The van der Waals surface area contributed by atoms with Crippen molar-refractivity contribution >= 4 is 20.4 Å². The molecule has 4 N–H and O–H groups in total. The molecule has 2 heterocycles. The van der Waals surface area contributed by atoms with Gasteiger partial charge in [0, 0.05) is 0 Å². The summed E-state index contributed by atoms with van der Waals surface area (Å²) in [6.07, 6.45) is 0. The zero-order chi connectivity index (χ0) is 10.3. The van der Waals surface area contributed by atoms with Gasteiger partial charge in [0.15, 0.2) is 0 Å². The van der Waals surface area contributed by atoms with Crippen molar-refractivity contribution in [2.75, 3.05) is 0 Å². The maximum atomic E-state index is 11.2. The van der Waals surface area contributed by atoms with Crippen LogP contribution in [0.15, 0.2) is 0 Å². The van der Waals surface area contributed by atoms with Gasteiger partial charge in [-0.05, 0) is 0 Å². The minimum absolute atomic E-state index is 0.209. The number of hydrogen-bond acceptors (Lipinski definition) is 6. The number of quaternary nitrogens is 4. The monoisotopic (exact) mass is 550 g/mol. The second-order valence-corrected chi connectivity index (χ2v) is 19.4. The van der Waals surface area contributed by atoms with E-state index in [0.717, 1.165) is 0 Å². The SMILES string of the molecule is [O-][NH+]1O[NH+]([O-])I2C([I-]1)[I-][NH+]([O-])O[NH+]2[O-]. The standard InChI is InChI=1S/CH5I3N4O6/c9-5-2-1-3-6(10)14-8(12)4(1)7(11)13-5/h1,5-8H/q-2. The second-order valence-electron chi connectivity index (χ2n) is 1.93. The third kappa shape index (κ3) is 2.54. The van der Waals surface area contributed by atoms with Crippen molar-refractivity contribution in [2.45, 2.75) is -0.0619 Å². The second kappa shape index (κ2) is 4.97. The number of fused-ring (bicyclic) bond motifs is 1. The number of hydrogen-bond donors (Lipinski definition) is 4. The van der Waals surface area contributed by atoms with E-state index >= 15 is 0 Å². The van der Waals surface area contributed by atoms with E-state index in [1.807, 2.05) is 0 Å². The Hall–Kier alpha value is 1.79. The van der Waals surface area contributed by atoms with Crippen molar-refractivity contribution in [2.24, 2.45) is 0 Å². The Morgan fingerprint density at radius 1 is 0.929 bits per heavy atom. The molecule has 0 aromatic carbocycles. The molecule has 0 radical (unpaired) electrons. The van der Waals surface area contributed by atoms with Crippen molar-refractivity contribution in [1.29, 1.82) is 0 Å². The van der Waals surface area contributed by atoms with Crippen LogP contribution in [0.3, 0.4) is 0 Å². The van der Waals surface area contributed by atoms with Crippen LogP contribution in [-0.2, 0) is 9.88 Å². The van der Waals surface area contributed by atoms with Gasteiger partial charge in [0.05, 0.1) is 0 Å². The number of halogens is 3. The molecule has 0 aliphatic carbocycles. The van der Waals surface area contributed by atoms with Crippen LogP contribution in [0.2, 0.25) is 0 Å². The summed E-state index contributed by atoms with van der Waals surface area (Å²) in [4.78, 5) is 8.81. The molecule has 4 unspecified atom stereocenters. The molecule has 0 aromatic rings. The molecular formula is CH5I3N4O6-2. The fourth-order valence-corrected chi connectivity index (χ4v) is 19.8. The normalized spacial score (nSPS) is 52.6. The first-order valence-corrected chi connectivity index (χ1v) is 11.1. The van der Waals surface area contributed by atoms with E-state index in [9.17, 15) is 20.8 Å². The Morgan fingerprint density at radius 2 is 1.36 bits per heavy atom. The molecule has 0 saturated carbocycles. The summed E-state index contributed by atoms with van der Waals surface area (Å²) in [5.41, 5.74) is 0. The molecule has 0 amide bonds. The number of alkyl halides is 3. The summed E-state index contributed by atoms with van der Waals surface area (Å²) in [7, 11) is 0. The summed E-state index contributed by atoms with van der Waals surface area (Å²) in [5.74, 6) is 0. The molecule has 2 rings (SSSR count). The first kappa shape index (κ1) is 12.3. The Balaban J connectivity index is 2.10. The quantitative estimate of drug-likeness (QED) is 0.103. The van der Waals surface area contributed by atoms with E-state index in [-0.39, 0.29) is -0.0619 Å². The summed E-state index contributed by atoms with van der Waals surface area (Å²) in [6.45, 7) is 0. The van der Waals surface area contributed by atoms with E-state index in [2.05, 4.69) is 9.88 Å². The van der Waals surface area contributed by atoms with Crippen molar-refractivity contribution < 1.29 is 66.6 Å². The third-order valence-electron chi connectivity index (χ3n) is 1.16. The minimum atomic E-state index is -2.65. The fourth-order valence-electron chi connectivity index (χ4n) is 0.689. The van der Waals surface area contributed by atoms with Gasteiger partial charge in [-0.3, -0.25) is 0 Å². The van der Waals surface area contributed by atoms with Gasteiger partial charge in [0.1, 0.15) is 0 Å². The van der Waals surface area contributed by atoms with Gasteiger partial charge in [-0.15, -0.1) is 0 Å².